The van der Waals surface area contributed by atoms with Gasteiger partial charge in [0.25, 0.3) is 5.91 Å². The third-order valence-corrected chi connectivity index (χ3v) is 4.62. The number of nitrogens with zero attached hydrogens (tertiary/aromatic N) is 1. The summed E-state index contributed by atoms with van der Waals surface area (Å²) in [5.74, 6) is -0.744. The Bertz CT molecular complexity index is 1040. The third-order valence-electron chi connectivity index (χ3n) is 3.46. The highest BCUT2D eigenvalue weighted by Crippen LogP contribution is 2.40. The molecule has 0 spiro atoms. The van der Waals surface area contributed by atoms with Crippen molar-refractivity contribution in [2.75, 3.05) is 0 Å². The van der Waals surface area contributed by atoms with Gasteiger partial charge in [-0.3, -0.25) is 4.79 Å². The molecule has 102 valence electrons. The molecule has 1 aromatic heterocycles. The lowest BCUT2D eigenvalue weighted by molar-refractivity contribution is -0.112. The van der Waals surface area contributed by atoms with Gasteiger partial charge >= 0.3 is 0 Å². The minimum absolute atomic E-state index is 0.00486. The number of amides is 1. The molecular formula is C16H8FNO2S. The van der Waals surface area contributed by atoms with Crippen LogP contribution in [-0.4, -0.2) is 11.0 Å². The first-order valence-corrected chi connectivity index (χ1v) is 7.10. The minimum Gasteiger partial charge on any atom is -0.506 e. The van der Waals surface area contributed by atoms with E-state index in [1.807, 2.05) is 6.07 Å². The summed E-state index contributed by atoms with van der Waals surface area (Å²) in [6.45, 7) is 0. The summed E-state index contributed by atoms with van der Waals surface area (Å²) in [5.41, 5.74) is 0.379. The van der Waals surface area contributed by atoms with E-state index < -0.39 is 0 Å². The number of carbonyl (C=O) groups excluding carboxylic acids is 1. The van der Waals surface area contributed by atoms with Crippen LogP contribution in [0, 0.1) is 5.82 Å². The average Bonchev–Trinajstić information content (AvgIpc) is 2.95. The molecule has 1 amide bonds. The molecule has 0 atom stereocenters. The molecule has 3 nitrogen and oxygen atoms in total. The number of rotatable bonds is 1. The highest BCUT2D eigenvalue weighted by Gasteiger charge is 2.24. The first-order chi connectivity index (χ1) is 10.1. The predicted molar refractivity (Wildman–Crippen MR) is 78.2 cm³/mol. The summed E-state index contributed by atoms with van der Waals surface area (Å²) >= 11 is 1.19. The molecule has 2 heterocycles. The van der Waals surface area contributed by atoms with E-state index in [1.165, 1.54) is 29.5 Å². The van der Waals surface area contributed by atoms with Gasteiger partial charge in [0.15, 0.2) is 0 Å². The Labute approximate surface area is 122 Å². The molecule has 4 rings (SSSR count). The first kappa shape index (κ1) is 12.2. The van der Waals surface area contributed by atoms with Crippen molar-refractivity contribution in [1.29, 1.82) is 0 Å². The molecule has 1 N–H and O–H groups in total. The van der Waals surface area contributed by atoms with Gasteiger partial charge in [0, 0.05) is 15.3 Å². The number of benzene rings is 2. The molecule has 5 heteroatoms. The van der Waals surface area contributed by atoms with Crippen molar-refractivity contribution in [3.05, 3.63) is 63.7 Å². The molecule has 2 aromatic carbocycles. The summed E-state index contributed by atoms with van der Waals surface area (Å²) < 4.78 is 13.9. The highest BCUT2D eigenvalue weighted by molar-refractivity contribution is 7.20. The molecule has 0 fully saturated rings. The van der Waals surface area contributed by atoms with E-state index in [0.717, 1.165) is 0 Å². The van der Waals surface area contributed by atoms with Crippen molar-refractivity contribution in [1.82, 2.24) is 0 Å². The maximum Gasteiger partial charge on any atom is 0.279 e. The lowest BCUT2D eigenvalue weighted by atomic mass is 10.1. The molecule has 0 saturated heterocycles. The molecule has 3 aromatic rings. The number of aromatic hydroxyl groups is 1. The Morgan fingerprint density at radius 1 is 1.14 bits per heavy atom. The second-order valence-corrected chi connectivity index (χ2v) is 5.78. The van der Waals surface area contributed by atoms with Crippen LogP contribution < -0.4 is 10.6 Å². The first-order valence-electron chi connectivity index (χ1n) is 6.29. The van der Waals surface area contributed by atoms with Crippen LogP contribution in [0.5, 0.6) is 5.75 Å². The van der Waals surface area contributed by atoms with E-state index in [1.54, 1.807) is 18.2 Å². The molecule has 1 aliphatic heterocycles. The standard InChI is InChI=1S/C16H8FNO2S/c17-8-5-6-10-12(7-8)21-15(14(10)19)13-9-3-1-2-4-11(9)18-16(13)20/h1-7,19H. The SMILES string of the molecule is O=C1N=c2ccccc2=C1c1sc2cc(F)ccc2c1O. The van der Waals surface area contributed by atoms with Crippen LogP contribution in [0.4, 0.5) is 4.39 Å². The van der Waals surface area contributed by atoms with Crippen molar-refractivity contribution in [3.63, 3.8) is 0 Å². The van der Waals surface area contributed by atoms with Crippen LogP contribution >= 0.6 is 11.3 Å². The maximum absolute atomic E-state index is 13.3. The molecule has 0 unspecified atom stereocenters. The van der Waals surface area contributed by atoms with E-state index in [-0.39, 0.29) is 17.5 Å². The molecule has 0 saturated carbocycles. The van der Waals surface area contributed by atoms with E-state index in [2.05, 4.69) is 4.99 Å². The number of para-hydroxylation sites is 1. The van der Waals surface area contributed by atoms with Crippen LogP contribution in [-0.2, 0) is 4.79 Å². The van der Waals surface area contributed by atoms with E-state index in [4.69, 9.17) is 0 Å². The van der Waals surface area contributed by atoms with Crippen molar-refractivity contribution in [3.8, 4) is 5.75 Å². The molecular weight excluding hydrogens is 289 g/mol. The fourth-order valence-electron chi connectivity index (χ4n) is 2.51. The molecule has 0 radical (unpaired) electrons. The number of hydrogen-bond donors (Lipinski definition) is 1. The summed E-state index contributed by atoms with van der Waals surface area (Å²) in [6.07, 6.45) is 0. The van der Waals surface area contributed by atoms with Crippen molar-refractivity contribution < 1.29 is 14.3 Å². The van der Waals surface area contributed by atoms with Gasteiger partial charge in [-0.05, 0) is 24.3 Å². The lowest BCUT2D eigenvalue weighted by Gasteiger charge is -1.97. The quantitative estimate of drug-likeness (QED) is 0.748. The third kappa shape index (κ3) is 1.71. The van der Waals surface area contributed by atoms with Gasteiger partial charge in [-0.1, -0.05) is 18.2 Å². The van der Waals surface area contributed by atoms with Crippen LogP contribution in [0.25, 0.3) is 15.7 Å². The average molecular weight is 297 g/mol. The van der Waals surface area contributed by atoms with Gasteiger partial charge in [-0.2, -0.15) is 0 Å². The van der Waals surface area contributed by atoms with Crippen molar-refractivity contribution in [2.24, 2.45) is 4.99 Å². The zero-order chi connectivity index (χ0) is 14.6. The summed E-state index contributed by atoms with van der Waals surface area (Å²) in [5, 5.41) is 12.2. The van der Waals surface area contributed by atoms with Crippen LogP contribution in [0.2, 0.25) is 0 Å². The van der Waals surface area contributed by atoms with Gasteiger partial charge in [0.2, 0.25) is 0 Å². The number of thiophene rings is 1. The Balaban J connectivity index is 2.11. The normalized spacial score (nSPS) is 13.6. The van der Waals surface area contributed by atoms with Crippen molar-refractivity contribution >= 4 is 32.9 Å². The predicted octanol–water partition coefficient (Wildman–Crippen LogP) is 2.10. The molecule has 1 aliphatic rings. The fourth-order valence-corrected chi connectivity index (χ4v) is 3.68. The molecule has 21 heavy (non-hydrogen) atoms. The van der Waals surface area contributed by atoms with Crippen molar-refractivity contribution in [2.45, 2.75) is 0 Å². The summed E-state index contributed by atoms with van der Waals surface area (Å²) in [4.78, 5) is 16.6. The Morgan fingerprint density at radius 3 is 2.81 bits per heavy atom. The highest BCUT2D eigenvalue weighted by atomic mass is 32.1. The maximum atomic E-state index is 13.3. The number of fused-ring (bicyclic) bond motifs is 2. The van der Waals surface area contributed by atoms with E-state index >= 15 is 0 Å². The van der Waals surface area contributed by atoms with Gasteiger partial charge in [-0.15, -0.1) is 11.3 Å². The van der Waals surface area contributed by atoms with Crippen LogP contribution in [0.15, 0.2) is 47.5 Å². The fraction of sp³-hybridized carbons (Fsp3) is 0. The second-order valence-electron chi connectivity index (χ2n) is 4.73. The van der Waals surface area contributed by atoms with Crippen LogP contribution in [0.1, 0.15) is 4.88 Å². The topological polar surface area (TPSA) is 49.7 Å². The largest absolute Gasteiger partial charge is 0.506 e. The Kier molecular flexibility index (Phi) is 2.46. The van der Waals surface area contributed by atoms with Gasteiger partial charge in [0.05, 0.1) is 15.8 Å². The molecule has 0 bridgehead atoms. The lowest BCUT2D eigenvalue weighted by Crippen LogP contribution is -2.22. The number of halogens is 1. The number of carbonyl (C=O) groups is 1. The van der Waals surface area contributed by atoms with E-state index in [0.29, 0.717) is 31.1 Å². The Hall–Kier alpha value is -2.53. The summed E-state index contributed by atoms with van der Waals surface area (Å²) in [6, 6.07) is 11.3. The number of hydrogen-bond acceptors (Lipinski definition) is 3. The van der Waals surface area contributed by atoms with Crippen LogP contribution in [0.3, 0.4) is 0 Å². The second kappa shape index (κ2) is 4.23. The van der Waals surface area contributed by atoms with Gasteiger partial charge in [0.1, 0.15) is 11.6 Å². The minimum atomic E-state index is -0.376. The summed E-state index contributed by atoms with van der Waals surface area (Å²) in [7, 11) is 0. The smallest absolute Gasteiger partial charge is 0.279 e. The monoisotopic (exact) mass is 297 g/mol. The Morgan fingerprint density at radius 2 is 1.95 bits per heavy atom. The zero-order valence-corrected chi connectivity index (χ0v) is 11.4. The zero-order valence-electron chi connectivity index (χ0n) is 10.6. The molecule has 0 aliphatic carbocycles. The van der Waals surface area contributed by atoms with Gasteiger partial charge < -0.3 is 5.11 Å². The van der Waals surface area contributed by atoms with Gasteiger partial charge in [-0.25, -0.2) is 9.38 Å². The van der Waals surface area contributed by atoms with E-state index in [9.17, 15) is 14.3 Å².